The average molecular weight is 278 g/mol. The number of unbranched alkanes of at least 4 members (excludes halogenated alkanes) is 1. The summed E-state index contributed by atoms with van der Waals surface area (Å²) >= 11 is 0. The van der Waals surface area contributed by atoms with Crippen molar-refractivity contribution in [3.05, 3.63) is 30.0 Å². The second-order valence-corrected chi connectivity index (χ2v) is 4.45. The van der Waals surface area contributed by atoms with E-state index in [1.165, 1.54) is 13.4 Å². The molecule has 0 aliphatic carbocycles. The summed E-state index contributed by atoms with van der Waals surface area (Å²) in [5.74, 6) is -0.107. The minimum atomic E-state index is -1.35. The number of hydrogen-bond donors (Lipinski definition) is 1. The fourth-order valence-electron chi connectivity index (χ4n) is 1.95. The van der Waals surface area contributed by atoms with E-state index in [1.54, 1.807) is 18.2 Å². The van der Waals surface area contributed by atoms with Crippen LogP contribution in [0.25, 0.3) is 11.0 Å². The van der Waals surface area contributed by atoms with Gasteiger partial charge in [0.1, 0.15) is 0 Å². The molecule has 1 atom stereocenters. The van der Waals surface area contributed by atoms with Crippen LogP contribution in [0.4, 0.5) is 0 Å². The summed E-state index contributed by atoms with van der Waals surface area (Å²) in [6.45, 7) is 2.31. The maximum Gasteiger partial charge on any atom is 0.339 e. The van der Waals surface area contributed by atoms with E-state index in [0.29, 0.717) is 28.9 Å². The molecule has 1 N–H and O–H groups in total. The number of fused-ring (bicyclic) bond motifs is 1. The van der Waals surface area contributed by atoms with Crippen molar-refractivity contribution in [2.75, 3.05) is 13.7 Å². The molecule has 0 fully saturated rings. The lowest BCUT2D eigenvalue weighted by Gasteiger charge is -2.09. The van der Waals surface area contributed by atoms with E-state index in [-0.39, 0.29) is 0 Å². The summed E-state index contributed by atoms with van der Waals surface area (Å²) in [4.78, 5) is 11.8. The van der Waals surface area contributed by atoms with E-state index in [4.69, 9.17) is 13.9 Å². The van der Waals surface area contributed by atoms with Gasteiger partial charge in [-0.05, 0) is 12.5 Å². The molecule has 5 heteroatoms. The van der Waals surface area contributed by atoms with Crippen LogP contribution in [0, 0.1) is 0 Å². The van der Waals surface area contributed by atoms with Gasteiger partial charge in [-0.15, -0.1) is 0 Å². The minimum absolute atomic E-state index is 0.311. The van der Waals surface area contributed by atoms with Crippen molar-refractivity contribution in [3.8, 4) is 5.75 Å². The van der Waals surface area contributed by atoms with Crippen LogP contribution in [0.5, 0.6) is 5.75 Å². The largest absolute Gasteiger partial charge is 0.493 e. The summed E-state index contributed by atoms with van der Waals surface area (Å²) in [7, 11) is 1.53. The fourth-order valence-corrected chi connectivity index (χ4v) is 1.95. The third-order valence-electron chi connectivity index (χ3n) is 3.07. The van der Waals surface area contributed by atoms with E-state index in [9.17, 15) is 9.90 Å². The molecule has 0 bridgehead atoms. The Balaban J connectivity index is 2.22. The molecule has 2 rings (SSSR count). The van der Waals surface area contributed by atoms with Crippen molar-refractivity contribution in [1.29, 1.82) is 0 Å². The van der Waals surface area contributed by atoms with Crippen LogP contribution in [0.15, 0.2) is 28.9 Å². The molecule has 0 aliphatic rings. The Morgan fingerprint density at radius 1 is 1.45 bits per heavy atom. The number of carbonyl (C=O) groups is 1. The smallest absolute Gasteiger partial charge is 0.339 e. The highest BCUT2D eigenvalue weighted by molar-refractivity contribution is 5.90. The van der Waals surface area contributed by atoms with E-state index in [1.807, 2.05) is 6.92 Å². The third kappa shape index (κ3) is 2.77. The van der Waals surface area contributed by atoms with Gasteiger partial charge in [-0.25, -0.2) is 4.79 Å². The van der Waals surface area contributed by atoms with Crippen molar-refractivity contribution in [1.82, 2.24) is 0 Å². The molecule has 1 unspecified atom stereocenters. The van der Waals surface area contributed by atoms with Gasteiger partial charge in [0.15, 0.2) is 17.4 Å². The van der Waals surface area contributed by atoms with Gasteiger partial charge < -0.3 is 19.0 Å². The number of esters is 1. The lowest BCUT2D eigenvalue weighted by molar-refractivity contribution is -0.154. The Morgan fingerprint density at radius 3 is 2.95 bits per heavy atom. The van der Waals surface area contributed by atoms with Gasteiger partial charge in [-0.3, -0.25) is 0 Å². The number of aliphatic hydroxyl groups excluding tert-OH is 1. The number of benzene rings is 1. The van der Waals surface area contributed by atoms with Gasteiger partial charge in [-0.2, -0.15) is 0 Å². The molecule has 1 heterocycles. The molecular formula is C15H18O5. The Hall–Kier alpha value is -2.01. The molecule has 20 heavy (non-hydrogen) atoms. The summed E-state index contributed by atoms with van der Waals surface area (Å²) in [5, 5.41) is 10.7. The second-order valence-electron chi connectivity index (χ2n) is 4.45. The van der Waals surface area contributed by atoms with Gasteiger partial charge in [0.2, 0.25) is 0 Å². The van der Waals surface area contributed by atoms with Gasteiger partial charge in [0.25, 0.3) is 0 Å². The fraction of sp³-hybridized carbons (Fsp3) is 0.400. The van der Waals surface area contributed by atoms with Crippen LogP contribution in [-0.2, 0) is 9.53 Å². The summed E-state index contributed by atoms with van der Waals surface area (Å²) in [6, 6.07) is 5.29. The van der Waals surface area contributed by atoms with Gasteiger partial charge >= 0.3 is 5.97 Å². The highest BCUT2D eigenvalue weighted by Crippen LogP contribution is 2.32. The first kappa shape index (κ1) is 14.4. The number of ether oxygens (including phenoxy) is 2. The summed E-state index contributed by atoms with van der Waals surface area (Å²) < 4.78 is 15.6. The standard InChI is InChI=1S/C15H18O5/c1-3-4-8-19-15(17)13(16)11-9-20-14-10(11)6-5-7-12(14)18-2/h5-7,9,13,16H,3-4,8H2,1-2H3. The van der Waals surface area contributed by atoms with Crippen LogP contribution in [0.1, 0.15) is 31.4 Å². The number of carbonyl (C=O) groups excluding carboxylic acids is 1. The lowest BCUT2D eigenvalue weighted by Crippen LogP contribution is -2.15. The van der Waals surface area contributed by atoms with Gasteiger partial charge in [0, 0.05) is 10.9 Å². The third-order valence-corrected chi connectivity index (χ3v) is 3.07. The quantitative estimate of drug-likeness (QED) is 0.650. The van der Waals surface area contributed by atoms with Crippen LogP contribution < -0.4 is 4.74 Å². The van der Waals surface area contributed by atoms with Crippen LogP contribution in [0.3, 0.4) is 0 Å². The molecule has 1 aromatic carbocycles. The molecule has 5 nitrogen and oxygen atoms in total. The summed E-state index contributed by atoms with van der Waals surface area (Å²) in [6.07, 6.45) is 1.72. The average Bonchev–Trinajstić information content (AvgIpc) is 2.90. The lowest BCUT2D eigenvalue weighted by atomic mass is 10.1. The van der Waals surface area contributed by atoms with Gasteiger partial charge in [-0.1, -0.05) is 25.5 Å². The Bertz CT molecular complexity index is 587. The van der Waals surface area contributed by atoms with Crippen LogP contribution >= 0.6 is 0 Å². The molecule has 0 spiro atoms. The molecule has 108 valence electrons. The topological polar surface area (TPSA) is 68.9 Å². The molecule has 1 aromatic heterocycles. The van der Waals surface area contributed by atoms with Crippen LogP contribution in [0.2, 0.25) is 0 Å². The molecule has 0 saturated carbocycles. The van der Waals surface area contributed by atoms with E-state index >= 15 is 0 Å². The molecule has 0 aliphatic heterocycles. The predicted octanol–water partition coefficient (Wildman–Crippen LogP) is 2.82. The van der Waals surface area contributed by atoms with E-state index < -0.39 is 12.1 Å². The number of rotatable bonds is 6. The Kier molecular flexibility index (Phi) is 4.63. The second kappa shape index (κ2) is 6.43. The number of para-hydroxylation sites is 1. The number of aliphatic hydroxyl groups is 1. The van der Waals surface area contributed by atoms with Crippen molar-refractivity contribution in [2.45, 2.75) is 25.9 Å². The number of methoxy groups -OCH3 is 1. The molecule has 0 saturated heterocycles. The number of hydrogen-bond acceptors (Lipinski definition) is 5. The maximum atomic E-state index is 11.8. The zero-order chi connectivity index (χ0) is 14.5. The highest BCUT2D eigenvalue weighted by atomic mass is 16.5. The monoisotopic (exact) mass is 278 g/mol. The number of furan rings is 1. The zero-order valence-corrected chi connectivity index (χ0v) is 11.6. The normalized spacial score (nSPS) is 12.3. The van der Waals surface area contributed by atoms with Crippen molar-refractivity contribution in [3.63, 3.8) is 0 Å². The zero-order valence-electron chi connectivity index (χ0n) is 11.6. The molecular weight excluding hydrogens is 260 g/mol. The van der Waals surface area contributed by atoms with Gasteiger partial charge in [0.05, 0.1) is 20.0 Å². The molecule has 2 aromatic rings. The van der Waals surface area contributed by atoms with E-state index in [2.05, 4.69) is 0 Å². The molecule has 0 radical (unpaired) electrons. The van der Waals surface area contributed by atoms with Crippen molar-refractivity contribution in [2.24, 2.45) is 0 Å². The SMILES string of the molecule is CCCCOC(=O)C(O)c1coc2c(OC)cccc12. The van der Waals surface area contributed by atoms with Crippen LogP contribution in [-0.4, -0.2) is 24.8 Å². The first-order chi connectivity index (χ1) is 9.69. The predicted molar refractivity (Wildman–Crippen MR) is 73.6 cm³/mol. The first-order valence-electron chi connectivity index (χ1n) is 6.57. The summed E-state index contributed by atoms with van der Waals surface area (Å²) in [5.41, 5.74) is 0.894. The maximum absolute atomic E-state index is 11.8. The molecule has 0 amide bonds. The highest BCUT2D eigenvalue weighted by Gasteiger charge is 2.24. The van der Waals surface area contributed by atoms with Crippen molar-refractivity contribution >= 4 is 16.9 Å². The Labute approximate surface area is 117 Å². The Morgan fingerprint density at radius 2 is 2.25 bits per heavy atom. The van der Waals surface area contributed by atoms with E-state index in [0.717, 1.165) is 12.8 Å². The minimum Gasteiger partial charge on any atom is -0.493 e. The first-order valence-corrected chi connectivity index (χ1v) is 6.57. The van der Waals surface area contributed by atoms with Crippen molar-refractivity contribution < 1.29 is 23.8 Å².